The zero-order chi connectivity index (χ0) is 19.3. The Morgan fingerprint density at radius 2 is 1.74 bits per heavy atom. The second kappa shape index (κ2) is 9.98. The Morgan fingerprint density at radius 3 is 2.44 bits per heavy atom. The van der Waals surface area contributed by atoms with E-state index >= 15 is 0 Å². The molecule has 2 bridgehead atoms. The topological polar surface area (TPSA) is 58.6 Å². The Kier molecular flexibility index (Phi) is 7.92. The van der Waals surface area contributed by atoms with Crippen molar-refractivity contribution in [1.82, 2.24) is 5.48 Å². The van der Waals surface area contributed by atoms with Crippen LogP contribution in [0.5, 0.6) is 0 Å². The second-order valence-corrected chi connectivity index (χ2v) is 11.0. The number of carbonyl (C=O) groups is 1. The number of ether oxygens (including phenoxy) is 1. The van der Waals surface area contributed by atoms with Crippen molar-refractivity contribution in [1.29, 1.82) is 0 Å². The molecule has 2 aliphatic heterocycles. The maximum atomic E-state index is 11.7. The number of hydrogen-bond acceptors (Lipinski definition) is 4. The molecular weight excluding hydrogens is 358 g/mol. The molecule has 3 rings (SSSR count). The molecule has 0 aromatic heterocycles. The number of carbonyl (C=O) groups excluding carboxylic acids is 1. The summed E-state index contributed by atoms with van der Waals surface area (Å²) in [6.07, 6.45) is 16.3. The lowest BCUT2D eigenvalue weighted by atomic mass is 9.77. The van der Waals surface area contributed by atoms with E-state index < -0.39 is 5.41 Å². The maximum Gasteiger partial charge on any atom is 0.248 e. The fourth-order valence-corrected chi connectivity index (χ4v) is 6.99. The Balaban J connectivity index is 1.38. The summed E-state index contributed by atoms with van der Waals surface area (Å²) in [4.78, 5) is 11.7. The number of fused-ring (bicyclic) bond motifs is 2. The molecule has 0 radical (unpaired) electrons. The fourth-order valence-electron chi connectivity index (χ4n) is 5.37. The number of hydrogen-bond donors (Lipinski definition) is 2. The summed E-state index contributed by atoms with van der Waals surface area (Å²) in [6, 6.07) is 0. The fraction of sp³-hybridized carbons (Fsp3) is 0.955. The Hall–Kier alpha value is -0.260. The summed E-state index contributed by atoms with van der Waals surface area (Å²) < 4.78 is 6.30. The van der Waals surface area contributed by atoms with Crippen LogP contribution in [0.2, 0.25) is 0 Å². The third kappa shape index (κ3) is 5.63. The van der Waals surface area contributed by atoms with Crippen LogP contribution in [-0.4, -0.2) is 34.3 Å². The molecule has 2 N–H and O–H groups in total. The van der Waals surface area contributed by atoms with Gasteiger partial charge in [0, 0.05) is 10.7 Å². The number of unbranched alkanes of at least 4 members (excludes halogenated alkanes) is 2. The van der Waals surface area contributed by atoms with Gasteiger partial charge in [-0.3, -0.25) is 10.0 Å². The predicted octanol–water partition coefficient (Wildman–Crippen LogP) is 5.33. The van der Waals surface area contributed by atoms with E-state index in [4.69, 9.17) is 9.94 Å². The van der Waals surface area contributed by atoms with Crippen molar-refractivity contribution in [2.24, 2.45) is 17.3 Å². The quantitative estimate of drug-likeness (QED) is 0.297. The third-order valence-electron chi connectivity index (χ3n) is 7.22. The van der Waals surface area contributed by atoms with Crippen LogP contribution in [0.25, 0.3) is 0 Å². The molecular formula is C22H39NO3S. The summed E-state index contributed by atoms with van der Waals surface area (Å²) in [5.74, 6) is 2.56. The van der Waals surface area contributed by atoms with Gasteiger partial charge in [0.15, 0.2) is 0 Å². The Morgan fingerprint density at radius 1 is 1.04 bits per heavy atom. The highest BCUT2D eigenvalue weighted by atomic mass is 32.2. The van der Waals surface area contributed by atoms with E-state index in [-0.39, 0.29) is 5.91 Å². The zero-order valence-corrected chi connectivity index (χ0v) is 18.1. The van der Waals surface area contributed by atoms with Crippen LogP contribution in [0, 0.1) is 17.3 Å². The van der Waals surface area contributed by atoms with E-state index in [9.17, 15) is 4.79 Å². The molecule has 0 aromatic rings. The van der Waals surface area contributed by atoms with Crippen LogP contribution < -0.4 is 5.48 Å². The number of hydroxylamine groups is 1. The summed E-state index contributed by atoms with van der Waals surface area (Å²) in [5, 5.41) is 9.74. The van der Waals surface area contributed by atoms with Crippen LogP contribution in [0.15, 0.2) is 0 Å². The van der Waals surface area contributed by atoms with Gasteiger partial charge in [0.25, 0.3) is 0 Å². The SMILES string of the molecule is CC(C)(CCCCC[C@@H]1[C@H](CSC2CCCCC2)[C@@H]2CC[C@H]1O2)C(=O)NO. The molecule has 0 aromatic carbocycles. The maximum absolute atomic E-state index is 11.7. The number of nitrogens with one attached hydrogen (secondary N) is 1. The minimum absolute atomic E-state index is 0.274. The van der Waals surface area contributed by atoms with E-state index in [2.05, 4.69) is 11.8 Å². The van der Waals surface area contributed by atoms with Gasteiger partial charge in [-0.1, -0.05) is 52.4 Å². The molecule has 2 heterocycles. The number of thioether (sulfide) groups is 1. The monoisotopic (exact) mass is 397 g/mol. The van der Waals surface area contributed by atoms with Gasteiger partial charge in [0.2, 0.25) is 5.91 Å². The average Bonchev–Trinajstić information content (AvgIpc) is 3.28. The normalized spacial score (nSPS) is 31.4. The van der Waals surface area contributed by atoms with Crippen LogP contribution in [0.1, 0.15) is 90.9 Å². The first-order valence-electron chi connectivity index (χ1n) is 11.2. The van der Waals surface area contributed by atoms with Crippen molar-refractivity contribution in [3.8, 4) is 0 Å². The highest BCUT2D eigenvalue weighted by Gasteiger charge is 2.48. The minimum atomic E-state index is -0.483. The third-order valence-corrected chi connectivity index (χ3v) is 8.74. The smallest absolute Gasteiger partial charge is 0.248 e. The van der Waals surface area contributed by atoms with Gasteiger partial charge in [-0.25, -0.2) is 5.48 Å². The lowest BCUT2D eigenvalue weighted by Gasteiger charge is -2.30. The van der Waals surface area contributed by atoms with Crippen molar-refractivity contribution in [3.05, 3.63) is 0 Å². The molecule has 5 heteroatoms. The molecule has 0 spiro atoms. The van der Waals surface area contributed by atoms with E-state index in [1.165, 1.54) is 70.0 Å². The zero-order valence-electron chi connectivity index (χ0n) is 17.3. The molecule has 1 amide bonds. The van der Waals surface area contributed by atoms with E-state index in [0.717, 1.165) is 29.9 Å². The van der Waals surface area contributed by atoms with Crippen molar-refractivity contribution < 1.29 is 14.7 Å². The van der Waals surface area contributed by atoms with Crippen LogP contribution in [0.4, 0.5) is 0 Å². The first-order valence-corrected chi connectivity index (χ1v) is 12.3. The molecule has 3 fully saturated rings. The summed E-state index contributed by atoms with van der Waals surface area (Å²) in [6.45, 7) is 3.81. The largest absolute Gasteiger partial charge is 0.374 e. The summed E-state index contributed by atoms with van der Waals surface area (Å²) in [7, 11) is 0. The van der Waals surface area contributed by atoms with Gasteiger partial charge in [-0.15, -0.1) is 0 Å². The van der Waals surface area contributed by atoms with Gasteiger partial charge in [0.1, 0.15) is 0 Å². The van der Waals surface area contributed by atoms with E-state index in [1.54, 1.807) is 5.48 Å². The van der Waals surface area contributed by atoms with E-state index in [0.29, 0.717) is 12.2 Å². The molecule has 2 saturated heterocycles. The molecule has 156 valence electrons. The average molecular weight is 398 g/mol. The van der Waals surface area contributed by atoms with Crippen molar-refractivity contribution in [2.45, 2.75) is 108 Å². The lowest BCUT2D eigenvalue weighted by Crippen LogP contribution is -2.34. The van der Waals surface area contributed by atoms with Gasteiger partial charge < -0.3 is 4.74 Å². The van der Waals surface area contributed by atoms with Crippen LogP contribution >= 0.6 is 11.8 Å². The number of rotatable bonds is 10. The molecule has 4 atom stereocenters. The Bertz CT molecular complexity index is 478. The van der Waals surface area contributed by atoms with Gasteiger partial charge in [-0.2, -0.15) is 11.8 Å². The van der Waals surface area contributed by atoms with Gasteiger partial charge in [0.05, 0.1) is 12.2 Å². The Labute approximate surface area is 169 Å². The van der Waals surface area contributed by atoms with Gasteiger partial charge in [-0.05, 0) is 56.1 Å². The highest BCUT2D eigenvalue weighted by molar-refractivity contribution is 7.99. The summed E-state index contributed by atoms with van der Waals surface area (Å²) >= 11 is 2.24. The van der Waals surface area contributed by atoms with Gasteiger partial charge >= 0.3 is 0 Å². The molecule has 3 aliphatic rings. The molecule has 27 heavy (non-hydrogen) atoms. The first kappa shape index (κ1) is 21.4. The minimum Gasteiger partial charge on any atom is -0.374 e. The van der Waals surface area contributed by atoms with Crippen molar-refractivity contribution in [3.63, 3.8) is 0 Å². The molecule has 4 nitrogen and oxygen atoms in total. The summed E-state index contributed by atoms with van der Waals surface area (Å²) in [5.41, 5.74) is 1.32. The van der Waals surface area contributed by atoms with Crippen molar-refractivity contribution >= 4 is 17.7 Å². The standard InChI is InChI=1S/C22H39NO3S/c1-22(2,21(24)23-25)14-8-4-7-11-17-18(20-13-12-19(17)26-20)15-27-16-9-5-3-6-10-16/h16-20,25H,3-15H2,1-2H3,(H,23,24)/t17-,18+,19-,20+/m1/s1. The highest BCUT2D eigenvalue weighted by Crippen LogP contribution is 2.47. The van der Waals surface area contributed by atoms with Crippen LogP contribution in [0.3, 0.4) is 0 Å². The van der Waals surface area contributed by atoms with E-state index in [1.807, 2.05) is 13.8 Å². The lowest BCUT2D eigenvalue weighted by molar-refractivity contribution is -0.138. The second-order valence-electron chi connectivity index (χ2n) is 9.64. The number of amides is 1. The predicted molar refractivity (Wildman–Crippen MR) is 111 cm³/mol. The van der Waals surface area contributed by atoms with Crippen LogP contribution in [-0.2, 0) is 9.53 Å². The first-order chi connectivity index (χ1) is 13.0. The van der Waals surface area contributed by atoms with Crippen molar-refractivity contribution in [2.75, 3.05) is 5.75 Å². The molecule has 1 saturated carbocycles. The molecule has 1 aliphatic carbocycles. The molecule has 0 unspecified atom stereocenters.